The van der Waals surface area contributed by atoms with Gasteiger partial charge < -0.3 is 20.2 Å². The number of aliphatic hydroxyl groups is 1. The summed E-state index contributed by atoms with van der Waals surface area (Å²) < 4.78 is 13.9. The molecule has 0 atom stereocenters. The molecule has 28 heavy (non-hydrogen) atoms. The molecule has 2 fully saturated rings. The SMILES string of the molecule is CCNC(=NCCCN1CCN(c2ccccc2F)CC1)N1CCC(O)CC1. The van der Waals surface area contributed by atoms with Crippen molar-refractivity contribution in [2.75, 3.05) is 63.8 Å². The van der Waals surface area contributed by atoms with Crippen LogP contribution in [0.3, 0.4) is 0 Å². The van der Waals surface area contributed by atoms with Gasteiger partial charge in [0, 0.05) is 58.9 Å². The van der Waals surface area contributed by atoms with E-state index in [1.807, 2.05) is 12.1 Å². The molecule has 3 rings (SSSR count). The molecule has 1 aromatic rings. The number of benzene rings is 1. The summed E-state index contributed by atoms with van der Waals surface area (Å²) in [5.41, 5.74) is 0.716. The Bertz CT molecular complexity index is 625. The van der Waals surface area contributed by atoms with E-state index in [1.165, 1.54) is 6.07 Å². The first-order valence-electron chi connectivity index (χ1n) is 10.6. The van der Waals surface area contributed by atoms with Crippen LogP contribution in [0.2, 0.25) is 0 Å². The number of likely N-dealkylation sites (tertiary alicyclic amines) is 1. The quantitative estimate of drug-likeness (QED) is 0.440. The van der Waals surface area contributed by atoms with Crippen molar-refractivity contribution in [1.82, 2.24) is 15.1 Å². The first-order chi connectivity index (χ1) is 13.7. The average molecular weight is 392 g/mol. The lowest BCUT2D eigenvalue weighted by Gasteiger charge is -2.36. The van der Waals surface area contributed by atoms with Crippen molar-refractivity contribution in [3.63, 3.8) is 0 Å². The first-order valence-corrected chi connectivity index (χ1v) is 10.6. The van der Waals surface area contributed by atoms with Gasteiger partial charge in [-0.3, -0.25) is 9.89 Å². The molecule has 0 radical (unpaired) electrons. The molecule has 6 nitrogen and oxygen atoms in total. The number of hydrogen-bond acceptors (Lipinski definition) is 4. The zero-order valence-electron chi connectivity index (χ0n) is 17.0. The monoisotopic (exact) mass is 391 g/mol. The fourth-order valence-corrected chi connectivity index (χ4v) is 3.90. The lowest BCUT2D eigenvalue weighted by molar-refractivity contribution is 0.108. The Morgan fingerprint density at radius 1 is 1.14 bits per heavy atom. The van der Waals surface area contributed by atoms with Crippen LogP contribution in [0.25, 0.3) is 0 Å². The highest BCUT2D eigenvalue weighted by molar-refractivity contribution is 5.80. The summed E-state index contributed by atoms with van der Waals surface area (Å²) in [6.07, 6.45) is 2.49. The highest BCUT2D eigenvalue weighted by Crippen LogP contribution is 2.20. The summed E-state index contributed by atoms with van der Waals surface area (Å²) in [5.74, 6) is 0.838. The molecular formula is C21H34FN5O. The predicted octanol–water partition coefficient (Wildman–Crippen LogP) is 1.76. The van der Waals surface area contributed by atoms with Gasteiger partial charge in [-0.1, -0.05) is 12.1 Å². The number of halogens is 1. The van der Waals surface area contributed by atoms with Gasteiger partial charge in [-0.2, -0.15) is 0 Å². The molecule has 2 aliphatic heterocycles. The zero-order valence-corrected chi connectivity index (χ0v) is 17.0. The van der Waals surface area contributed by atoms with Crippen molar-refractivity contribution in [2.24, 2.45) is 4.99 Å². The fraction of sp³-hybridized carbons (Fsp3) is 0.667. The molecule has 2 saturated heterocycles. The summed E-state index contributed by atoms with van der Waals surface area (Å²) in [5, 5.41) is 13.1. The molecule has 156 valence electrons. The molecule has 2 aliphatic rings. The predicted molar refractivity (Wildman–Crippen MR) is 112 cm³/mol. The molecule has 0 saturated carbocycles. The van der Waals surface area contributed by atoms with Gasteiger partial charge in [-0.05, 0) is 38.3 Å². The molecule has 0 aliphatic carbocycles. The summed E-state index contributed by atoms with van der Waals surface area (Å²) in [7, 11) is 0. The van der Waals surface area contributed by atoms with Gasteiger partial charge in [0.2, 0.25) is 0 Å². The van der Waals surface area contributed by atoms with Gasteiger partial charge >= 0.3 is 0 Å². The Morgan fingerprint density at radius 3 is 2.54 bits per heavy atom. The van der Waals surface area contributed by atoms with Crippen molar-refractivity contribution in [3.8, 4) is 0 Å². The summed E-state index contributed by atoms with van der Waals surface area (Å²) in [4.78, 5) is 11.6. The van der Waals surface area contributed by atoms with Gasteiger partial charge in [0.1, 0.15) is 5.82 Å². The topological polar surface area (TPSA) is 54.3 Å². The molecule has 0 bridgehead atoms. The van der Waals surface area contributed by atoms with Gasteiger partial charge in [-0.25, -0.2) is 4.39 Å². The smallest absolute Gasteiger partial charge is 0.193 e. The van der Waals surface area contributed by atoms with Crippen LogP contribution in [0.15, 0.2) is 29.3 Å². The molecule has 1 aromatic carbocycles. The molecular weight excluding hydrogens is 357 g/mol. The third kappa shape index (κ3) is 5.82. The van der Waals surface area contributed by atoms with E-state index in [0.29, 0.717) is 5.69 Å². The van der Waals surface area contributed by atoms with Gasteiger partial charge in [0.05, 0.1) is 11.8 Å². The Labute approximate surface area is 168 Å². The minimum absolute atomic E-state index is 0.133. The largest absolute Gasteiger partial charge is 0.393 e. The molecule has 0 amide bonds. The number of aliphatic hydroxyl groups excluding tert-OH is 1. The van der Waals surface area contributed by atoms with Crippen LogP contribution in [-0.2, 0) is 0 Å². The van der Waals surface area contributed by atoms with Crippen LogP contribution >= 0.6 is 0 Å². The standard InChI is InChI=1S/C21H34FN5O/c1-2-23-21(27-12-8-18(28)9-13-27)24-10-5-11-25-14-16-26(17-15-25)20-7-4-3-6-19(20)22/h3-4,6-7,18,28H,2,5,8-17H2,1H3,(H,23,24). The van der Waals surface area contributed by atoms with Crippen LogP contribution in [0, 0.1) is 5.82 Å². The first kappa shape index (κ1) is 20.9. The second-order valence-corrected chi connectivity index (χ2v) is 7.59. The zero-order chi connectivity index (χ0) is 19.8. The molecule has 2 N–H and O–H groups in total. The van der Waals surface area contributed by atoms with E-state index in [9.17, 15) is 9.50 Å². The number of rotatable bonds is 6. The van der Waals surface area contributed by atoms with Crippen LogP contribution in [-0.4, -0.2) is 85.9 Å². The highest BCUT2D eigenvalue weighted by Gasteiger charge is 2.20. The van der Waals surface area contributed by atoms with E-state index in [0.717, 1.165) is 84.1 Å². The highest BCUT2D eigenvalue weighted by atomic mass is 19.1. The Morgan fingerprint density at radius 2 is 1.86 bits per heavy atom. The lowest BCUT2D eigenvalue weighted by Crippen LogP contribution is -2.47. The average Bonchev–Trinajstić information content (AvgIpc) is 2.72. The second-order valence-electron chi connectivity index (χ2n) is 7.59. The van der Waals surface area contributed by atoms with E-state index in [2.05, 4.69) is 26.9 Å². The molecule has 2 heterocycles. The van der Waals surface area contributed by atoms with Gasteiger partial charge in [-0.15, -0.1) is 0 Å². The van der Waals surface area contributed by atoms with Crippen LogP contribution in [0.5, 0.6) is 0 Å². The van der Waals surface area contributed by atoms with E-state index >= 15 is 0 Å². The third-order valence-electron chi connectivity index (χ3n) is 5.56. The third-order valence-corrected chi connectivity index (χ3v) is 5.56. The minimum Gasteiger partial charge on any atom is -0.393 e. The summed E-state index contributed by atoms with van der Waals surface area (Å²) in [6.45, 7) is 10.1. The normalized spacial score (nSPS) is 19.9. The van der Waals surface area contributed by atoms with Crippen molar-refractivity contribution >= 4 is 11.6 Å². The summed E-state index contributed by atoms with van der Waals surface area (Å²) in [6, 6.07) is 7.03. The number of piperidine rings is 1. The number of nitrogens with one attached hydrogen (secondary N) is 1. The fourth-order valence-electron chi connectivity index (χ4n) is 3.90. The van der Waals surface area contributed by atoms with Crippen molar-refractivity contribution < 1.29 is 9.50 Å². The second kappa shape index (κ2) is 10.6. The van der Waals surface area contributed by atoms with E-state index in [4.69, 9.17) is 4.99 Å². The van der Waals surface area contributed by atoms with Gasteiger partial charge in [0.15, 0.2) is 5.96 Å². The maximum Gasteiger partial charge on any atom is 0.193 e. The number of anilines is 1. The number of nitrogens with zero attached hydrogens (tertiary/aromatic N) is 4. The lowest BCUT2D eigenvalue weighted by atomic mass is 10.1. The van der Waals surface area contributed by atoms with E-state index < -0.39 is 0 Å². The van der Waals surface area contributed by atoms with Crippen LogP contribution in [0.1, 0.15) is 26.2 Å². The number of piperazine rings is 1. The maximum absolute atomic E-state index is 13.9. The minimum atomic E-state index is -0.165. The Hall–Kier alpha value is -1.86. The number of para-hydroxylation sites is 1. The van der Waals surface area contributed by atoms with Crippen molar-refractivity contribution in [3.05, 3.63) is 30.1 Å². The molecule has 7 heteroatoms. The summed E-state index contributed by atoms with van der Waals surface area (Å²) >= 11 is 0. The molecule has 0 spiro atoms. The van der Waals surface area contributed by atoms with Gasteiger partial charge in [0.25, 0.3) is 0 Å². The van der Waals surface area contributed by atoms with Crippen molar-refractivity contribution in [2.45, 2.75) is 32.3 Å². The van der Waals surface area contributed by atoms with Crippen molar-refractivity contribution in [1.29, 1.82) is 0 Å². The van der Waals surface area contributed by atoms with E-state index in [-0.39, 0.29) is 11.9 Å². The Kier molecular flexibility index (Phi) is 7.91. The van der Waals surface area contributed by atoms with Crippen LogP contribution < -0.4 is 10.2 Å². The molecule has 0 aromatic heterocycles. The Balaban J connectivity index is 1.40. The molecule has 0 unspecified atom stereocenters. The number of hydrogen-bond donors (Lipinski definition) is 2. The number of aliphatic imine (C=N–C) groups is 1. The maximum atomic E-state index is 13.9. The van der Waals surface area contributed by atoms with E-state index in [1.54, 1.807) is 6.07 Å². The van der Waals surface area contributed by atoms with Crippen LogP contribution in [0.4, 0.5) is 10.1 Å². The number of guanidine groups is 1.